The molecule has 2 aliphatic rings. The predicted molar refractivity (Wildman–Crippen MR) is 158 cm³/mol. The van der Waals surface area contributed by atoms with Crippen LogP contribution in [0.4, 0.5) is 0 Å². The van der Waals surface area contributed by atoms with Crippen molar-refractivity contribution in [3.63, 3.8) is 0 Å². The van der Waals surface area contributed by atoms with Crippen LogP contribution in [-0.2, 0) is 0 Å². The number of nitrogens with zero attached hydrogens (tertiary/aromatic N) is 2. The van der Waals surface area contributed by atoms with Crippen molar-refractivity contribution < 1.29 is 9.59 Å². The van der Waals surface area contributed by atoms with Crippen LogP contribution in [0, 0.1) is 0 Å². The van der Waals surface area contributed by atoms with Gasteiger partial charge in [0.15, 0.2) is 0 Å². The van der Waals surface area contributed by atoms with Crippen LogP contribution in [0.1, 0.15) is 56.2 Å². The van der Waals surface area contributed by atoms with Crippen LogP contribution in [0.5, 0.6) is 0 Å². The highest BCUT2D eigenvalue weighted by Gasteiger charge is 2.35. The first-order chi connectivity index (χ1) is 18.4. The molecule has 2 fully saturated rings. The van der Waals surface area contributed by atoms with Gasteiger partial charge in [0.25, 0.3) is 11.8 Å². The van der Waals surface area contributed by atoms with E-state index in [0.717, 1.165) is 59.6 Å². The average molecular weight is 593 g/mol. The Morgan fingerprint density at radius 1 is 0.947 bits per heavy atom. The fourth-order valence-electron chi connectivity index (χ4n) is 5.46. The molecule has 0 radical (unpaired) electrons. The summed E-state index contributed by atoms with van der Waals surface area (Å²) in [5, 5.41) is 3.43. The second-order valence-corrected chi connectivity index (χ2v) is 11.2. The number of halogens is 2. The first kappa shape index (κ1) is 26.7. The van der Waals surface area contributed by atoms with Crippen LogP contribution < -0.4 is 5.32 Å². The summed E-state index contributed by atoms with van der Waals surface area (Å²) in [5.41, 5.74) is 4.56. The van der Waals surface area contributed by atoms with Crippen LogP contribution >= 0.6 is 27.5 Å². The molecular formula is C31H31BrClN3O2. The van der Waals surface area contributed by atoms with Crippen molar-refractivity contribution in [3.05, 3.63) is 104 Å². The number of rotatable bonds is 5. The number of fused-ring (bicyclic) bond motifs is 1. The van der Waals surface area contributed by atoms with Crippen LogP contribution in [0.25, 0.3) is 12.2 Å². The van der Waals surface area contributed by atoms with E-state index in [2.05, 4.69) is 38.3 Å². The van der Waals surface area contributed by atoms with E-state index in [1.807, 2.05) is 65.6 Å². The van der Waals surface area contributed by atoms with Gasteiger partial charge >= 0.3 is 0 Å². The Morgan fingerprint density at radius 3 is 2.45 bits per heavy atom. The van der Waals surface area contributed by atoms with Gasteiger partial charge in [-0.05, 0) is 81.7 Å². The summed E-state index contributed by atoms with van der Waals surface area (Å²) in [4.78, 5) is 29.9. The molecular weight excluding hydrogens is 562 g/mol. The molecule has 3 aromatic carbocycles. The van der Waals surface area contributed by atoms with Crippen molar-refractivity contribution in [2.24, 2.45) is 0 Å². The number of piperazine rings is 1. The lowest BCUT2D eigenvalue weighted by molar-refractivity contribution is 0.0329. The van der Waals surface area contributed by atoms with Crippen molar-refractivity contribution in [2.45, 2.75) is 24.8 Å². The van der Waals surface area contributed by atoms with E-state index in [9.17, 15) is 9.59 Å². The Bertz CT molecular complexity index is 1340. The summed E-state index contributed by atoms with van der Waals surface area (Å²) in [7, 11) is 1.62. The number of carbonyl (C=O) groups is 2. The second-order valence-electron chi connectivity index (χ2n) is 9.97. The van der Waals surface area contributed by atoms with E-state index in [1.54, 1.807) is 13.1 Å². The lowest BCUT2D eigenvalue weighted by atomic mass is 9.86. The minimum absolute atomic E-state index is 0.0982. The quantitative estimate of drug-likeness (QED) is 0.352. The summed E-state index contributed by atoms with van der Waals surface area (Å²) >= 11 is 9.61. The molecule has 5 rings (SSSR count). The largest absolute Gasteiger partial charge is 0.355 e. The number of carbonyl (C=O) groups excluding carboxylic acids is 2. The van der Waals surface area contributed by atoms with Gasteiger partial charge < -0.3 is 10.2 Å². The van der Waals surface area contributed by atoms with Crippen molar-refractivity contribution in [2.75, 3.05) is 33.2 Å². The van der Waals surface area contributed by atoms with Crippen LogP contribution in [-0.4, -0.2) is 60.9 Å². The first-order valence-electron chi connectivity index (χ1n) is 13.0. The third-order valence-corrected chi connectivity index (χ3v) is 8.79. The molecule has 0 aliphatic carbocycles. The van der Waals surface area contributed by atoms with Crippen molar-refractivity contribution >= 4 is 51.5 Å². The molecule has 0 spiro atoms. The standard InChI is InChI=1S/C31H31BrClN3O2/c1-34-30(37)28-4-2-3-23(29(28)32)8-5-21-6-9-24(10-7-21)31(38)36-18-17-35-19-25(13-16-27(35)20-36)22-11-14-26(33)15-12-22/h2-12,14-15,25,27H,13,16-20H2,1H3,(H,34,37)/b8-5+/t25-,27+/m0/s1. The molecule has 2 saturated heterocycles. The summed E-state index contributed by atoms with van der Waals surface area (Å²) in [6.07, 6.45) is 6.18. The summed E-state index contributed by atoms with van der Waals surface area (Å²) < 4.78 is 0.753. The van der Waals surface area contributed by atoms with Crippen molar-refractivity contribution in [1.29, 1.82) is 0 Å². The van der Waals surface area contributed by atoms with Crippen LogP contribution in [0.3, 0.4) is 0 Å². The van der Waals surface area contributed by atoms with Gasteiger partial charge in [-0.1, -0.05) is 60.2 Å². The Hall–Kier alpha value is -2.93. The Morgan fingerprint density at radius 2 is 1.71 bits per heavy atom. The molecule has 196 valence electrons. The fourth-order valence-corrected chi connectivity index (χ4v) is 6.16. The Kier molecular flexibility index (Phi) is 8.32. The second kappa shape index (κ2) is 11.9. The highest BCUT2D eigenvalue weighted by molar-refractivity contribution is 9.10. The molecule has 2 aliphatic heterocycles. The number of hydrogen-bond acceptors (Lipinski definition) is 3. The Balaban J connectivity index is 1.19. The molecule has 0 aromatic heterocycles. The maximum absolute atomic E-state index is 13.3. The highest BCUT2D eigenvalue weighted by Crippen LogP contribution is 2.32. The number of benzene rings is 3. The zero-order chi connectivity index (χ0) is 26.6. The smallest absolute Gasteiger partial charge is 0.253 e. The van der Waals surface area contributed by atoms with E-state index in [1.165, 1.54) is 5.56 Å². The number of piperidine rings is 1. The summed E-state index contributed by atoms with van der Waals surface area (Å²) in [5.74, 6) is 0.490. The van der Waals surface area contributed by atoms with Gasteiger partial charge in [0.1, 0.15) is 0 Å². The summed E-state index contributed by atoms with van der Waals surface area (Å²) in [6.45, 7) is 3.48. The zero-order valence-corrected chi connectivity index (χ0v) is 23.7. The normalized spacial score (nSPS) is 19.8. The van der Waals surface area contributed by atoms with E-state index in [-0.39, 0.29) is 11.8 Å². The highest BCUT2D eigenvalue weighted by atomic mass is 79.9. The van der Waals surface area contributed by atoms with Gasteiger partial charge in [0, 0.05) is 54.3 Å². The van der Waals surface area contributed by atoms with Gasteiger partial charge in [-0.25, -0.2) is 0 Å². The lowest BCUT2D eigenvalue weighted by Crippen LogP contribution is -2.57. The molecule has 38 heavy (non-hydrogen) atoms. The number of hydrogen-bond donors (Lipinski definition) is 1. The lowest BCUT2D eigenvalue weighted by Gasteiger charge is -2.46. The van der Waals surface area contributed by atoms with E-state index in [4.69, 9.17) is 11.6 Å². The minimum atomic E-state index is -0.134. The predicted octanol–water partition coefficient (Wildman–Crippen LogP) is 6.34. The van der Waals surface area contributed by atoms with Gasteiger partial charge in [-0.2, -0.15) is 0 Å². The molecule has 3 aromatic rings. The molecule has 2 atom stereocenters. The third-order valence-electron chi connectivity index (χ3n) is 7.65. The topological polar surface area (TPSA) is 52.7 Å². The monoisotopic (exact) mass is 591 g/mol. The average Bonchev–Trinajstić information content (AvgIpc) is 2.96. The molecule has 2 heterocycles. The molecule has 1 N–H and O–H groups in total. The molecule has 0 bridgehead atoms. The van der Waals surface area contributed by atoms with E-state index < -0.39 is 0 Å². The number of nitrogens with one attached hydrogen (secondary N) is 1. The Labute approximate surface area is 237 Å². The number of amides is 2. The molecule has 0 saturated carbocycles. The maximum atomic E-state index is 13.3. The van der Waals surface area contributed by atoms with Crippen molar-refractivity contribution in [1.82, 2.24) is 15.1 Å². The van der Waals surface area contributed by atoms with Gasteiger partial charge in [-0.15, -0.1) is 0 Å². The van der Waals surface area contributed by atoms with E-state index in [0.29, 0.717) is 23.1 Å². The fraction of sp³-hybridized carbons (Fsp3) is 0.290. The third kappa shape index (κ3) is 5.88. The first-order valence-corrected chi connectivity index (χ1v) is 14.2. The molecule has 0 unspecified atom stereocenters. The SMILES string of the molecule is CNC(=O)c1cccc(/C=C/c2ccc(C(=O)N3CCN4C[C@@H](c5ccc(Cl)cc5)CC[C@@H]4C3)cc2)c1Br. The van der Waals surface area contributed by atoms with Crippen LogP contribution in [0.2, 0.25) is 5.02 Å². The molecule has 5 nitrogen and oxygen atoms in total. The molecule has 7 heteroatoms. The van der Waals surface area contributed by atoms with Crippen LogP contribution in [0.15, 0.2) is 71.2 Å². The van der Waals surface area contributed by atoms with E-state index >= 15 is 0 Å². The summed E-state index contributed by atoms with van der Waals surface area (Å²) in [6, 6.07) is 22.0. The molecule has 2 amide bonds. The zero-order valence-electron chi connectivity index (χ0n) is 21.4. The van der Waals surface area contributed by atoms with Gasteiger partial charge in [0.2, 0.25) is 0 Å². The van der Waals surface area contributed by atoms with Gasteiger partial charge in [0.05, 0.1) is 5.56 Å². The van der Waals surface area contributed by atoms with Crippen molar-refractivity contribution in [3.8, 4) is 0 Å². The van der Waals surface area contributed by atoms with Gasteiger partial charge in [-0.3, -0.25) is 14.5 Å². The maximum Gasteiger partial charge on any atom is 0.253 e. The minimum Gasteiger partial charge on any atom is -0.355 e.